The number of rotatable bonds is 5. The second-order valence-corrected chi connectivity index (χ2v) is 19.0. The minimum atomic E-state index is 0.624. The Hall–Kier alpha value is -9.17. The normalized spacial score (nSPS) is 12.0. The molecule has 0 amide bonds. The summed E-state index contributed by atoms with van der Waals surface area (Å²) in [7, 11) is 0. The van der Waals surface area contributed by atoms with Crippen LogP contribution >= 0.6 is 11.3 Å². The van der Waals surface area contributed by atoms with Gasteiger partial charge in [-0.15, -0.1) is 11.3 Å². The molecular weight excluding hydrogens is 873 g/mol. The van der Waals surface area contributed by atoms with Gasteiger partial charge in [0.1, 0.15) is 0 Å². The molecule has 0 atom stereocenters. The van der Waals surface area contributed by atoms with E-state index in [1.807, 2.05) is 47.7 Å². The van der Waals surface area contributed by atoms with Crippen molar-refractivity contribution in [2.24, 2.45) is 0 Å². The van der Waals surface area contributed by atoms with E-state index in [-0.39, 0.29) is 0 Å². The molecule has 15 rings (SSSR count). The fraction of sp³-hybridized carbons (Fsp3) is 0. The molecule has 0 bridgehead atoms. The molecule has 0 spiro atoms. The average molecular weight is 909 g/mol. The molecule has 0 aliphatic carbocycles. The number of thiophene rings is 1. The van der Waals surface area contributed by atoms with Crippen molar-refractivity contribution in [1.82, 2.24) is 29.5 Å². The van der Waals surface area contributed by atoms with Crippen LogP contribution in [0.1, 0.15) is 0 Å². The molecule has 7 heteroatoms. The first kappa shape index (κ1) is 38.9. The number of aromatic nitrogens is 6. The van der Waals surface area contributed by atoms with Gasteiger partial charge in [0, 0.05) is 59.3 Å². The molecule has 324 valence electrons. The van der Waals surface area contributed by atoms with Gasteiger partial charge < -0.3 is 0 Å². The Bertz CT molecular complexity index is 4600. The minimum absolute atomic E-state index is 0.624. The van der Waals surface area contributed by atoms with E-state index in [4.69, 9.17) is 24.9 Å². The summed E-state index contributed by atoms with van der Waals surface area (Å²) < 4.78 is 4.68. The quantitative estimate of drug-likeness (QED) is 0.161. The van der Waals surface area contributed by atoms with Crippen LogP contribution in [0, 0.1) is 0 Å². The van der Waals surface area contributed by atoms with Gasteiger partial charge in [0.15, 0.2) is 17.5 Å². The van der Waals surface area contributed by atoms with Gasteiger partial charge in [-0.05, 0) is 68.0 Å². The lowest BCUT2D eigenvalue weighted by Crippen LogP contribution is -2.04. The van der Waals surface area contributed by atoms with Crippen LogP contribution in [0.4, 0.5) is 0 Å². The predicted molar refractivity (Wildman–Crippen MR) is 292 cm³/mol. The average Bonchev–Trinajstić information content (AvgIpc) is 4.00. The van der Waals surface area contributed by atoms with E-state index in [9.17, 15) is 0 Å². The van der Waals surface area contributed by atoms with Gasteiger partial charge in [-0.25, -0.2) is 24.9 Å². The number of benzene rings is 11. The van der Waals surface area contributed by atoms with E-state index in [1.54, 1.807) is 0 Å². The van der Waals surface area contributed by atoms with Crippen molar-refractivity contribution in [2.45, 2.75) is 0 Å². The minimum Gasteiger partial charge on any atom is -0.276 e. The molecule has 4 aromatic heterocycles. The van der Waals surface area contributed by atoms with Crippen LogP contribution in [-0.2, 0) is 0 Å². The standard InChI is InChI=1S/C63H36N6S/c1-3-18-38(19-4-1)60-66-61(39-20-5-2-6-21-39)68-62(67-60)42-33-34-52-50(36-42)54-47-27-13-12-26-46(47)53-49-29-15-16-30-51(49)69(58(53)59(54)70-52)63-64-56(41-32-31-37-17-7-8-22-40(37)35-41)55-45-25-11-9-23-43(45)44-24-10-14-28-48(44)57(55)65-63/h1-36H. The maximum atomic E-state index is 5.77. The van der Waals surface area contributed by atoms with Crippen molar-refractivity contribution in [2.75, 3.05) is 0 Å². The number of nitrogens with zero attached hydrogens (tertiary/aromatic N) is 6. The molecule has 70 heavy (non-hydrogen) atoms. The van der Waals surface area contributed by atoms with E-state index in [1.165, 1.54) is 47.1 Å². The van der Waals surface area contributed by atoms with Crippen LogP contribution < -0.4 is 0 Å². The van der Waals surface area contributed by atoms with Crippen molar-refractivity contribution in [1.29, 1.82) is 0 Å². The second kappa shape index (κ2) is 15.2. The van der Waals surface area contributed by atoms with Crippen LogP contribution in [0.5, 0.6) is 0 Å². The highest BCUT2D eigenvalue weighted by molar-refractivity contribution is 7.27. The van der Waals surface area contributed by atoms with E-state index >= 15 is 0 Å². The Kier molecular flexibility index (Phi) is 8.43. The zero-order valence-electron chi connectivity index (χ0n) is 37.4. The molecule has 6 nitrogen and oxygen atoms in total. The Morgan fingerprint density at radius 1 is 0.329 bits per heavy atom. The maximum Gasteiger partial charge on any atom is 0.235 e. The summed E-state index contributed by atoms with van der Waals surface area (Å²) in [6, 6.07) is 77.2. The number of para-hydroxylation sites is 1. The molecule has 0 radical (unpaired) electrons. The number of fused-ring (bicyclic) bond motifs is 17. The van der Waals surface area contributed by atoms with E-state index in [2.05, 4.69) is 187 Å². The first-order valence-corrected chi connectivity index (χ1v) is 24.3. The van der Waals surface area contributed by atoms with Gasteiger partial charge in [-0.1, -0.05) is 188 Å². The van der Waals surface area contributed by atoms with Crippen LogP contribution in [0.2, 0.25) is 0 Å². The lowest BCUT2D eigenvalue weighted by molar-refractivity contribution is 1.02. The SMILES string of the molecule is c1ccc(-c2nc(-c3ccccc3)nc(-c3ccc4sc5c(c4c3)c3ccccc3c3c4ccccc4n(-c4nc(-c6ccc7ccccc7c6)c6c7ccccc7c7ccccc7c6n4)c53)n2)cc1. The third kappa shape index (κ3) is 5.82. The lowest BCUT2D eigenvalue weighted by Gasteiger charge is -2.16. The molecule has 11 aromatic carbocycles. The first-order valence-electron chi connectivity index (χ1n) is 23.5. The second-order valence-electron chi connectivity index (χ2n) is 17.9. The monoisotopic (exact) mass is 908 g/mol. The highest BCUT2D eigenvalue weighted by Crippen LogP contribution is 2.49. The zero-order chi connectivity index (χ0) is 45.9. The fourth-order valence-electron chi connectivity index (χ4n) is 10.9. The van der Waals surface area contributed by atoms with Crippen molar-refractivity contribution in [3.05, 3.63) is 218 Å². The third-order valence-corrected chi connectivity index (χ3v) is 15.2. The zero-order valence-corrected chi connectivity index (χ0v) is 38.2. The molecule has 0 aliphatic heterocycles. The van der Waals surface area contributed by atoms with Crippen LogP contribution in [0.25, 0.3) is 147 Å². The summed E-state index contributed by atoms with van der Waals surface area (Å²) in [4.78, 5) is 26.8. The fourth-order valence-corrected chi connectivity index (χ4v) is 12.1. The molecule has 0 unspecified atom stereocenters. The summed E-state index contributed by atoms with van der Waals surface area (Å²) in [5.41, 5.74) is 7.80. The van der Waals surface area contributed by atoms with Gasteiger partial charge in [0.2, 0.25) is 5.95 Å². The lowest BCUT2D eigenvalue weighted by atomic mass is 9.94. The predicted octanol–water partition coefficient (Wildman–Crippen LogP) is 16.6. The molecule has 0 aliphatic rings. The molecule has 0 saturated carbocycles. The van der Waals surface area contributed by atoms with Crippen LogP contribution in [0.15, 0.2) is 218 Å². The first-order chi connectivity index (χ1) is 34.7. The van der Waals surface area contributed by atoms with Crippen LogP contribution in [0.3, 0.4) is 0 Å². The van der Waals surface area contributed by atoms with Crippen molar-refractivity contribution < 1.29 is 0 Å². The summed E-state index contributed by atoms with van der Waals surface area (Å²) >= 11 is 1.81. The number of hydrogen-bond donors (Lipinski definition) is 0. The Morgan fingerprint density at radius 2 is 0.857 bits per heavy atom. The highest BCUT2D eigenvalue weighted by Gasteiger charge is 2.26. The smallest absolute Gasteiger partial charge is 0.235 e. The Labute approximate surface area is 404 Å². The largest absolute Gasteiger partial charge is 0.276 e. The summed E-state index contributed by atoms with van der Waals surface area (Å²) in [5, 5.41) is 15.0. The molecule has 0 saturated heterocycles. The van der Waals surface area contributed by atoms with E-state index in [0.717, 1.165) is 76.8 Å². The van der Waals surface area contributed by atoms with E-state index in [0.29, 0.717) is 23.4 Å². The molecule has 0 N–H and O–H groups in total. The topological polar surface area (TPSA) is 69.4 Å². The Balaban J connectivity index is 1.06. The number of hydrogen-bond acceptors (Lipinski definition) is 6. The third-order valence-electron chi connectivity index (χ3n) is 14.0. The van der Waals surface area contributed by atoms with Crippen molar-refractivity contribution in [3.63, 3.8) is 0 Å². The van der Waals surface area contributed by atoms with Gasteiger partial charge in [0.05, 0.1) is 26.9 Å². The molecule has 15 aromatic rings. The molecule has 0 fully saturated rings. The van der Waals surface area contributed by atoms with Gasteiger partial charge in [0.25, 0.3) is 0 Å². The van der Waals surface area contributed by atoms with Gasteiger partial charge in [-0.2, -0.15) is 0 Å². The highest BCUT2D eigenvalue weighted by atomic mass is 32.1. The van der Waals surface area contributed by atoms with Crippen LogP contribution in [-0.4, -0.2) is 29.5 Å². The summed E-state index contributed by atoms with van der Waals surface area (Å²) in [6.45, 7) is 0. The maximum absolute atomic E-state index is 5.77. The molecular formula is C63H36N6S. The van der Waals surface area contributed by atoms with Gasteiger partial charge in [-0.3, -0.25) is 4.57 Å². The van der Waals surface area contributed by atoms with Crippen molar-refractivity contribution in [3.8, 4) is 51.4 Å². The Morgan fingerprint density at radius 3 is 1.56 bits per heavy atom. The summed E-state index contributed by atoms with van der Waals surface area (Å²) in [6.07, 6.45) is 0. The molecule has 4 heterocycles. The van der Waals surface area contributed by atoms with E-state index < -0.39 is 0 Å². The summed E-state index contributed by atoms with van der Waals surface area (Å²) in [5.74, 6) is 2.52. The van der Waals surface area contributed by atoms with Crippen molar-refractivity contribution >= 4 is 107 Å². The van der Waals surface area contributed by atoms with Gasteiger partial charge >= 0.3 is 0 Å².